The van der Waals surface area contributed by atoms with Gasteiger partial charge in [-0.25, -0.2) is 4.98 Å². The Morgan fingerprint density at radius 2 is 2.23 bits per heavy atom. The van der Waals surface area contributed by atoms with Crippen molar-refractivity contribution in [3.05, 3.63) is 24.4 Å². The third-order valence-electron chi connectivity index (χ3n) is 1.41. The zero-order chi connectivity index (χ0) is 9.90. The number of anilines is 1. The van der Waals surface area contributed by atoms with Crippen molar-refractivity contribution in [1.29, 1.82) is 0 Å². The number of nitrogens with zero attached hydrogens (tertiary/aromatic N) is 2. The third-order valence-corrected chi connectivity index (χ3v) is 1.41. The second kappa shape index (κ2) is 3.64. The maximum Gasteiger partial charge on any atom is 0.405 e. The number of hydrogen-bond acceptors (Lipinski definition) is 2. The average molecular weight is 189 g/mol. The van der Waals surface area contributed by atoms with Crippen LogP contribution >= 0.6 is 0 Å². The van der Waals surface area contributed by atoms with E-state index in [0.29, 0.717) is 0 Å². The molecule has 2 nitrogen and oxygen atoms in total. The van der Waals surface area contributed by atoms with Gasteiger partial charge in [-0.15, -0.1) is 0 Å². The van der Waals surface area contributed by atoms with Gasteiger partial charge >= 0.3 is 6.18 Å². The van der Waals surface area contributed by atoms with Crippen LogP contribution in [0.4, 0.5) is 19.0 Å². The first kappa shape index (κ1) is 9.83. The van der Waals surface area contributed by atoms with Crippen molar-refractivity contribution < 1.29 is 13.2 Å². The number of hydrogen-bond donors (Lipinski definition) is 0. The minimum absolute atomic E-state index is 0.288. The number of aromatic nitrogens is 1. The molecule has 0 amide bonds. The summed E-state index contributed by atoms with van der Waals surface area (Å²) in [6, 6.07) is 5.63. The van der Waals surface area contributed by atoms with E-state index in [4.69, 9.17) is 0 Å². The number of alkyl halides is 3. The molecule has 71 valence electrons. The number of halogens is 3. The van der Waals surface area contributed by atoms with Crippen molar-refractivity contribution in [3.63, 3.8) is 0 Å². The summed E-state index contributed by atoms with van der Waals surface area (Å²) < 4.78 is 35.7. The van der Waals surface area contributed by atoms with Crippen LogP contribution in [0.5, 0.6) is 0 Å². The predicted octanol–water partition coefficient (Wildman–Crippen LogP) is 1.88. The molecule has 1 aromatic rings. The van der Waals surface area contributed by atoms with Gasteiger partial charge in [-0.05, 0) is 12.1 Å². The molecule has 1 rings (SSSR count). The summed E-state index contributed by atoms with van der Waals surface area (Å²) in [5.41, 5.74) is 0. The molecule has 0 aliphatic rings. The normalized spacial score (nSPS) is 11.4. The first-order valence-corrected chi connectivity index (χ1v) is 3.59. The average Bonchev–Trinajstić information content (AvgIpc) is 2.03. The van der Waals surface area contributed by atoms with Gasteiger partial charge in [0.2, 0.25) is 0 Å². The first-order valence-electron chi connectivity index (χ1n) is 3.59. The largest absolute Gasteiger partial charge is 0.405 e. The molecule has 0 aliphatic carbocycles. The van der Waals surface area contributed by atoms with Crippen LogP contribution in [0.3, 0.4) is 0 Å². The van der Waals surface area contributed by atoms with Crippen molar-refractivity contribution in [2.45, 2.75) is 6.18 Å². The number of rotatable bonds is 2. The Kier molecular flexibility index (Phi) is 2.75. The summed E-state index contributed by atoms with van der Waals surface area (Å²) in [4.78, 5) is 4.77. The highest BCUT2D eigenvalue weighted by Gasteiger charge is 2.29. The fourth-order valence-corrected chi connectivity index (χ4v) is 0.888. The summed E-state index contributed by atoms with van der Waals surface area (Å²) in [5, 5.41) is 0. The second-order valence-corrected chi connectivity index (χ2v) is 2.59. The molecule has 0 aromatic carbocycles. The summed E-state index contributed by atoms with van der Waals surface area (Å²) in [5.74, 6) is 0.288. The fourth-order valence-electron chi connectivity index (χ4n) is 0.888. The van der Waals surface area contributed by atoms with Gasteiger partial charge in [-0.3, -0.25) is 0 Å². The second-order valence-electron chi connectivity index (χ2n) is 2.59. The van der Waals surface area contributed by atoms with E-state index >= 15 is 0 Å². The summed E-state index contributed by atoms with van der Waals surface area (Å²) in [6.07, 6.45) is -2.86. The molecule has 0 bridgehead atoms. The number of pyridine rings is 1. The Balaban J connectivity index is 2.64. The Hall–Kier alpha value is -1.26. The molecule has 1 heterocycles. The lowest BCUT2D eigenvalue weighted by molar-refractivity contribution is -0.119. The zero-order valence-corrected chi connectivity index (χ0v) is 6.97. The topological polar surface area (TPSA) is 16.1 Å². The standard InChI is InChI=1S/C8H8F3N2/c1-13(6-8(9,10)11)7-4-2-3-5-12-7/h2,4-5H,6H2,1H3. The SMILES string of the molecule is CN(CC(F)(F)F)c1cc[c]cn1. The van der Waals surface area contributed by atoms with Crippen LogP contribution in [0.25, 0.3) is 0 Å². The van der Waals surface area contributed by atoms with Gasteiger partial charge in [0, 0.05) is 19.3 Å². The van der Waals surface area contributed by atoms with Gasteiger partial charge in [0.05, 0.1) is 0 Å². The molecule has 0 atom stereocenters. The van der Waals surface area contributed by atoms with E-state index in [0.717, 1.165) is 4.90 Å². The van der Waals surface area contributed by atoms with Crippen LogP contribution in [-0.4, -0.2) is 24.8 Å². The molecular weight excluding hydrogens is 181 g/mol. The van der Waals surface area contributed by atoms with Gasteiger partial charge in [0.25, 0.3) is 0 Å². The molecule has 0 unspecified atom stereocenters. The lowest BCUT2D eigenvalue weighted by Gasteiger charge is -2.19. The lowest BCUT2D eigenvalue weighted by atomic mass is 10.4. The van der Waals surface area contributed by atoms with Crippen LogP contribution in [0.1, 0.15) is 0 Å². The van der Waals surface area contributed by atoms with E-state index in [2.05, 4.69) is 11.1 Å². The molecule has 13 heavy (non-hydrogen) atoms. The highest BCUT2D eigenvalue weighted by atomic mass is 19.4. The predicted molar refractivity (Wildman–Crippen MR) is 42.4 cm³/mol. The lowest BCUT2D eigenvalue weighted by Crippen LogP contribution is -2.31. The molecule has 0 saturated carbocycles. The van der Waals surface area contributed by atoms with E-state index in [9.17, 15) is 13.2 Å². The van der Waals surface area contributed by atoms with Crippen molar-refractivity contribution in [1.82, 2.24) is 4.98 Å². The molecular formula is C8H8F3N2. The smallest absolute Gasteiger partial charge is 0.351 e. The minimum atomic E-state index is -4.20. The van der Waals surface area contributed by atoms with E-state index in [-0.39, 0.29) is 5.82 Å². The van der Waals surface area contributed by atoms with Gasteiger partial charge in [0.15, 0.2) is 0 Å². The molecule has 0 spiro atoms. The summed E-state index contributed by atoms with van der Waals surface area (Å²) in [7, 11) is 1.34. The molecule has 0 aliphatic heterocycles. The Morgan fingerprint density at radius 1 is 1.54 bits per heavy atom. The van der Waals surface area contributed by atoms with Crippen LogP contribution in [0.2, 0.25) is 0 Å². The van der Waals surface area contributed by atoms with Crippen LogP contribution in [-0.2, 0) is 0 Å². The summed E-state index contributed by atoms with van der Waals surface area (Å²) in [6.45, 7) is -0.996. The van der Waals surface area contributed by atoms with Crippen LogP contribution < -0.4 is 4.90 Å². The Labute approximate surface area is 74.0 Å². The molecule has 5 heteroatoms. The van der Waals surface area contributed by atoms with E-state index in [1.807, 2.05) is 0 Å². The fraction of sp³-hybridized carbons (Fsp3) is 0.375. The quantitative estimate of drug-likeness (QED) is 0.706. The Morgan fingerprint density at radius 3 is 2.69 bits per heavy atom. The van der Waals surface area contributed by atoms with Crippen molar-refractivity contribution in [2.75, 3.05) is 18.5 Å². The van der Waals surface area contributed by atoms with Gasteiger partial charge < -0.3 is 4.90 Å². The highest BCUT2D eigenvalue weighted by Crippen LogP contribution is 2.18. The van der Waals surface area contributed by atoms with E-state index in [1.54, 1.807) is 0 Å². The molecule has 0 N–H and O–H groups in total. The maximum atomic E-state index is 11.9. The highest BCUT2D eigenvalue weighted by molar-refractivity contribution is 5.36. The van der Waals surface area contributed by atoms with Gasteiger partial charge in [-0.2, -0.15) is 13.2 Å². The molecule has 0 saturated heterocycles. The summed E-state index contributed by atoms with van der Waals surface area (Å²) >= 11 is 0. The maximum absolute atomic E-state index is 11.9. The zero-order valence-electron chi connectivity index (χ0n) is 6.97. The third kappa shape index (κ3) is 3.31. The van der Waals surface area contributed by atoms with E-state index < -0.39 is 12.7 Å². The Bertz CT molecular complexity index is 258. The first-order chi connectivity index (χ1) is 5.99. The van der Waals surface area contributed by atoms with Crippen LogP contribution in [0.15, 0.2) is 18.3 Å². The monoisotopic (exact) mass is 189 g/mol. The van der Waals surface area contributed by atoms with Crippen molar-refractivity contribution in [2.24, 2.45) is 0 Å². The van der Waals surface area contributed by atoms with Gasteiger partial charge in [-0.1, -0.05) is 0 Å². The van der Waals surface area contributed by atoms with Gasteiger partial charge in [0.1, 0.15) is 12.4 Å². The molecule has 1 aromatic heterocycles. The van der Waals surface area contributed by atoms with Crippen LogP contribution in [0, 0.1) is 6.07 Å². The van der Waals surface area contributed by atoms with Crippen molar-refractivity contribution in [3.8, 4) is 0 Å². The van der Waals surface area contributed by atoms with E-state index in [1.165, 1.54) is 25.4 Å². The minimum Gasteiger partial charge on any atom is -0.351 e. The molecule has 0 fully saturated rings. The molecule has 1 radical (unpaired) electrons. The van der Waals surface area contributed by atoms with Crippen molar-refractivity contribution >= 4 is 5.82 Å².